The molecule has 6 nitrogen and oxygen atoms in total. The predicted octanol–water partition coefficient (Wildman–Crippen LogP) is 2.24. The van der Waals surface area contributed by atoms with Crippen LogP contribution in [0.4, 0.5) is 11.8 Å². The Morgan fingerprint density at radius 1 is 1.25 bits per heavy atom. The first-order chi connectivity index (χ1) is 11.6. The third-order valence-corrected chi connectivity index (χ3v) is 4.23. The largest absolute Gasteiger partial charge is 0.497 e. The van der Waals surface area contributed by atoms with E-state index in [-0.39, 0.29) is 0 Å². The molecule has 2 heterocycles. The zero-order valence-electron chi connectivity index (χ0n) is 14.6. The Bertz CT molecular complexity index is 659. The number of anilines is 2. The standard InChI is InChI=1S/C18H25N5O/c1-22(2)18-19-10-8-17(21-18)20-15-9-11-23(13-15)12-14-4-6-16(24-3)7-5-14/h4-8,10,15H,9,11-13H2,1-3H3,(H,19,20,21). The molecule has 128 valence electrons. The second-order valence-corrected chi connectivity index (χ2v) is 6.35. The quantitative estimate of drug-likeness (QED) is 0.878. The van der Waals surface area contributed by atoms with Crippen molar-refractivity contribution in [2.45, 2.75) is 19.0 Å². The Hall–Kier alpha value is -2.34. The molecular formula is C18H25N5O. The highest BCUT2D eigenvalue weighted by atomic mass is 16.5. The molecule has 0 amide bonds. The second-order valence-electron chi connectivity index (χ2n) is 6.35. The summed E-state index contributed by atoms with van der Waals surface area (Å²) in [5.41, 5.74) is 1.31. The Labute approximate surface area is 143 Å². The topological polar surface area (TPSA) is 53.5 Å². The molecule has 0 saturated carbocycles. The highest BCUT2D eigenvalue weighted by Gasteiger charge is 2.22. The van der Waals surface area contributed by atoms with E-state index in [4.69, 9.17) is 4.74 Å². The summed E-state index contributed by atoms with van der Waals surface area (Å²) in [7, 11) is 5.59. The molecular weight excluding hydrogens is 302 g/mol. The first-order valence-electron chi connectivity index (χ1n) is 8.26. The van der Waals surface area contributed by atoms with Crippen LogP contribution in [-0.2, 0) is 6.54 Å². The van der Waals surface area contributed by atoms with Crippen molar-refractivity contribution < 1.29 is 4.74 Å². The minimum absolute atomic E-state index is 0.424. The first kappa shape index (κ1) is 16.5. The smallest absolute Gasteiger partial charge is 0.226 e. The van der Waals surface area contributed by atoms with Crippen molar-refractivity contribution in [3.8, 4) is 5.75 Å². The molecule has 3 rings (SSSR count). The average molecular weight is 327 g/mol. The minimum atomic E-state index is 0.424. The van der Waals surface area contributed by atoms with Crippen molar-refractivity contribution in [2.75, 3.05) is 44.5 Å². The molecule has 1 aromatic heterocycles. The van der Waals surface area contributed by atoms with Gasteiger partial charge in [-0.15, -0.1) is 0 Å². The van der Waals surface area contributed by atoms with Crippen molar-refractivity contribution in [1.82, 2.24) is 14.9 Å². The van der Waals surface area contributed by atoms with Gasteiger partial charge in [0, 0.05) is 46.0 Å². The van der Waals surface area contributed by atoms with E-state index in [9.17, 15) is 0 Å². The summed E-state index contributed by atoms with van der Waals surface area (Å²) in [6.45, 7) is 3.08. The molecule has 2 aromatic rings. The lowest BCUT2D eigenvalue weighted by Gasteiger charge is -2.18. The van der Waals surface area contributed by atoms with Crippen LogP contribution in [0.3, 0.4) is 0 Å². The normalized spacial score (nSPS) is 17.7. The van der Waals surface area contributed by atoms with E-state index in [1.54, 1.807) is 13.3 Å². The van der Waals surface area contributed by atoms with Gasteiger partial charge in [-0.05, 0) is 30.2 Å². The van der Waals surface area contributed by atoms with Gasteiger partial charge in [0.2, 0.25) is 5.95 Å². The van der Waals surface area contributed by atoms with Crippen LogP contribution in [0.25, 0.3) is 0 Å². The Balaban J connectivity index is 1.54. The number of nitrogens with one attached hydrogen (secondary N) is 1. The number of ether oxygens (including phenoxy) is 1. The van der Waals surface area contributed by atoms with Gasteiger partial charge < -0.3 is 15.0 Å². The molecule has 1 unspecified atom stereocenters. The molecule has 1 saturated heterocycles. The summed E-state index contributed by atoms with van der Waals surface area (Å²) >= 11 is 0. The average Bonchev–Trinajstić information content (AvgIpc) is 3.02. The maximum atomic E-state index is 5.21. The number of rotatable bonds is 6. The van der Waals surface area contributed by atoms with Gasteiger partial charge in [-0.3, -0.25) is 4.90 Å². The van der Waals surface area contributed by atoms with E-state index >= 15 is 0 Å². The summed E-state index contributed by atoms with van der Waals surface area (Å²) in [5, 5.41) is 3.53. The summed E-state index contributed by atoms with van der Waals surface area (Å²) in [6, 6.07) is 10.7. The van der Waals surface area contributed by atoms with Crippen LogP contribution in [0, 0.1) is 0 Å². The molecule has 1 fully saturated rings. The molecule has 0 spiro atoms. The third-order valence-electron chi connectivity index (χ3n) is 4.23. The van der Waals surface area contributed by atoms with E-state index in [0.29, 0.717) is 6.04 Å². The molecule has 0 bridgehead atoms. The monoisotopic (exact) mass is 327 g/mol. The molecule has 1 aliphatic rings. The lowest BCUT2D eigenvalue weighted by Crippen LogP contribution is -2.26. The summed E-state index contributed by atoms with van der Waals surface area (Å²) in [4.78, 5) is 13.2. The van der Waals surface area contributed by atoms with Gasteiger partial charge in [0.25, 0.3) is 0 Å². The highest BCUT2D eigenvalue weighted by molar-refractivity contribution is 5.41. The van der Waals surface area contributed by atoms with Crippen molar-refractivity contribution in [1.29, 1.82) is 0 Å². The Morgan fingerprint density at radius 2 is 2.04 bits per heavy atom. The summed E-state index contributed by atoms with van der Waals surface area (Å²) in [6.07, 6.45) is 2.92. The van der Waals surface area contributed by atoms with E-state index in [1.165, 1.54) is 5.56 Å². The van der Waals surface area contributed by atoms with Gasteiger partial charge in [-0.25, -0.2) is 4.98 Å². The fraction of sp³-hybridized carbons (Fsp3) is 0.444. The van der Waals surface area contributed by atoms with Gasteiger partial charge in [0.1, 0.15) is 11.6 Å². The van der Waals surface area contributed by atoms with Gasteiger partial charge in [0.05, 0.1) is 7.11 Å². The number of benzene rings is 1. The fourth-order valence-electron chi connectivity index (χ4n) is 2.94. The third kappa shape index (κ3) is 4.14. The highest BCUT2D eigenvalue weighted by Crippen LogP contribution is 2.19. The number of methoxy groups -OCH3 is 1. The van der Waals surface area contributed by atoms with Gasteiger partial charge in [0.15, 0.2) is 0 Å². The molecule has 0 radical (unpaired) electrons. The van der Waals surface area contributed by atoms with Crippen LogP contribution in [0.2, 0.25) is 0 Å². The van der Waals surface area contributed by atoms with Crippen LogP contribution >= 0.6 is 0 Å². The van der Waals surface area contributed by atoms with Crippen LogP contribution in [0.5, 0.6) is 5.75 Å². The molecule has 6 heteroatoms. The van der Waals surface area contributed by atoms with Crippen LogP contribution in [0.15, 0.2) is 36.5 Å². The molecule has 24 heavy (non-hydrogen) atoms. The van der Waals surface area contributed by atoms with Crippen molar-refractivity contribution >= 4 is 11.8 Å². The van der Waals surface area contributed by atoms with Crippen molar-refractivity contribution in [3.05, 3.63) is 42.1 Å². The molecule has 1 atom stereocenters. The van der Waals surface area contributed by atoms with Crippen LogP contribution < -0.4 is 15.0 Å². The van der Waals surface area contributed by atoms with E-state index in [1.807, 2.05) is 37.2 Å². The Morgan fingerprint density at radius 3 is 2.75 bits per heavy atom. The number of likely N-dealkylation sites (tertiary alicyclic amines) is 1. The lowest BCUT2D eigenvalue weighted by atomic mass is 10.2. The lowest BCUT2D eigenvalue weighted by molar-refractivity contribution is 0.328. The zero-order chi connectivity index (χ0) is 16.9. The zero-order valence-corrected chi connectivity index (χ0v) is 14.6. The van der Waals surface area contributed by atoms with Crippen LogP contribution in [0.1, 0.15) is 12.0 Å². The molecule has 0 aliphatic carbocycles. The number of hydrogen-bond acceptors (Lipinski definition) is 6. The van der Waals surface area contributed by atoms with Crippen molar-refractivity contribution in [3.63, 3.8) is 0 Å². The number of aromatic nitrogens is 2. The predicted molar refractivity (Wildman–Crippen MR) is 96.7 cm³/mol. The van der Waals surface area contributed by atoms with E-state index in [0.717, 1.165) is 43.6 Å². The second kappa shape index (κ2) is 7.49. The van der Waals surface area contributed by atoms with Gasteiger partial charge in [-0.1, -0.05) is 12.1 Å². The van der Waals surface area contributed by atoms with Crippen LogP contribution in [-0.4, -0.2) is 55.2 Å². The Kier molecular flexibility index (Phi) is 5.15. The number of nitrogens with zero attached hydrogens (tertiary/aromatic N) is 4. The maximum Gasteiger partial charge on any atom is 0.226 e. The summed E-state index contributed by atoms with van der Waals surface area (Å²) < 4.78 is 5.21. The van der Waals surface area contributed by atoms with Gasteiger partial charge in [-0.2, -0.15) is 4.98 Å². The summed E-state index contributed by atoms with van der Waals surface area (Å²) in [5.74, 6) is 2.53. The number of hydrogen-bond donors (Lipinski definition) is 1. The maximum absolute atomic E-state index is 5.21. The van der Waals surface area contributed by atoms with E-state index in [2.05, 4.69) is 32.3 Å². The molecule has 1 N–H and O–H groups in total. The van der Waals surface area contributed by atoms with Gasteiger partial charge >= 0.3 is 0 Å². The van der Waals surface area contributed by atoms with E-state index < -0.39 is 0 Å². The fourth-order valence-corrected chi connectivity index (χ4v) is 2.94. The first-order valence-corrected chi connectivity index (χ1v) is 8.26. The molecule has 1 aliphatic heterocycles. The molecule has 1 aromatic carbocycles. The van der Waals surface area contributed by atoms with Crippen molar-refractivity contribution in [2.24, 2.45) is 0 Å². The minimum Gasteiger partial charge on any atom is -0.497 e. The SMILES string of the molecule is COc1ccc(CN2CCC(Nc3ccnc(N(C)C)n3)C2)cc1.